The molecule has 1 unspecified atom stereocenters. The zero-order chi connectivity index (χ0) is 22.1. The molecule has 0 aliphatic heterocycles. The summed E-state index contributed by atoms with van der Waals surface area (Å²) in [7, 11) is -1.01. The van der Waals surface area contributed by atoms with E-state index in [1.165, 1.54) is 22.2 Å². The Morgan fingerprint density at radius 3 is 2.70 bits per heavy atom. The van der Waals surface area contributed by atoms with Crippen molar-refractivity contribution in [3.63, 3.8) is 0 Å². The Morgan fingerprint density at radius 1 is 1.27 bits per heavy atom. The Hall–Kier alpha value is -2.32. The first-order valence-corrected chi connectivity index (χ1v) is 11.9. The van der Waals surface area contributed by atoms with Gasteiger partial charge in [-0.2, -0.15) is 0 Å². The van der Waals surface area contributed by atoms with Crippen LogP contribution in [-0.2, 0) is 27.9 Å². The van der Waals surface area contributed by atoms with E-state index < -0.39 is 10.8 Å². The van der Waals surface area contributed by atoms with Crippen molar-refractivity contribution in [3.05, 3.63) is 57.0 Å². The lowest BCUT2D eigenvalue weighted by Crippen LogP contribution is -2.24. The third-order valence-corrected chi connectivity index (χ3v) is 8.00. The molecule has 3 aromatic rings. The molecule has 30 heavy (non-hydrogen) atoms. The molecule has 0 saturated heterocycles. The first-order valence-electron chi connectivity index (χ1n) is 9.78. The van der Waals surface area contributed by atoms with E-state index in [1.807, 2.05) is 52.8 Å². The van der Waals surface area contributed by atoms with Crippen LogP contribution in [0.1, 0.15) is 43.2 Å². The van der Waals surface area contributed by atoms with Crippen molar-refractivity contribution < 1.29 is 9.00 Å². The summed E-state index contributed by atoms with van der Waals surface area (Å²) in [5.41, 5.74) is 2.42. The fourth-order valence-corrected chi connectivity index (χ4v) is 4.88. The Kier molecular flexibility index (Phi) is 6.57. The predicted octanol–water partition coefficient (Wildman–Crippen LogP) is 4.15. The third-order valence-electron chi connectivity index (χ3n) is 4.93. The van der Waals surface area contributed by atoms with Gasteiger partial charge in [0.15, 0.2) is 0 Å². The highest BCUT2D eigenvalue weighted by molar-refractivity contribution is 7.85. The SMILES string of the molecule is Cc1sc2ncn(CCC(=O)Nc3cccc(CS(=O)C(C)(C)C)c3)c(=O)c2c1C. The minimum absolute atomic E-state index is 0.110. The van der Waals surface area contributed by atoms with Crippen molar-refractivity contribution in [2.24, 2.45) is 0 Å². The van der Waals surface area contributed by atoms with Crippen LogP contribution in [-0.4, -0.2) is 24.4 Å². The van der Waals surface area contributed by atoms with Gasteiger partial charge in [-0.3, -0.25) is 18.4 Å². The number of benzene rings is 1. The van der Waals surface area contributed by atoms with E-state index in [1.54, 1.807) is 6.07 Å². The van der Waals surface area contributed by atoms with E-state index >= 15 is 0 Å². The molecule has 2 aromatic heterocycles. The Morgan fingerprint density at radius 2 is 2.00 bits per heavy atom. The number of anilines is 1. The number of amides is 1. The maximum Gasteiger partial charge on any atom is 0.262 e. The van der Waals surface area contributed by atoms with Crippen molar-refractivity contribution in [2.45, 2.75) is 58.1 Å². The lowest BCUT2D eigenvalue weighted by molar-refractivity contribution is -0.116. The number of carbonyl (C=O) groups is 1. The molecular formula is C22H27N3O3S2. The van der Waals surface area contributed by atoms with Crippen molar-refractivity contribution >= 4 is 43.9 Å². The summed E-state index contributed by atoms with van der Waals surface area (Å²) in [4.78, 5) is 31.3. The summed E-state index contributed by atoms with van der Waals surface area (Å²) in [5, 5.41) is 3.50. The van der Waals surface area contributed by atoms with Gasteiger partial charge in [0.05, 0.1) is 11.7 Å². The van der Waals surface area contributed by atoms with Crippen LogP contribution in [0, 0.1) is 13.8 Å². The largest absolute Gasteiger partial charge is 0.326 e. The van der Waals surface area contributed by atoms with Gasteiger partial charge in [-0.05, 0) is 57.9 Å². The molecule has 0 bridgehead atoms. The topological polar surface area (TPSA) is 81.1 Å². The zero-order valence-corrected chi connectivity index (χ0v) is 19.6. The molecular weight excluding hydrogens is 418 g/mol. The van der Waals surface area contributed by atoms with Gasteiger partial charge < -0.3 is 5.32 Å². The second-order valence-corrected chi connectivity index (χ2v) is 11.7. The monoisotopic (exact) mass is 445 g/mol. The summed E-state index contributed by atoms with van der Waals surface area (Å²) >= 11 is 1.51. The van der Waals surface area contributed by atoms with Crippen LogP contribution < -0.4 is 10.9 Å². The first-order chi connectivity index (χ1) is 14.1. The van der Waals surface area contributed by atoms with Crippen LogP contribution in [0.4, 0.5) is 5.69 Å². The number of hydrogen-bond donors (Lipinski definition) is 1. The van der Waals surface area contributed by atoms with Crippen LogP contribution in [0.15, 0.2) is 35.4 Å². The minimum Gasteiger partial charge on any atom is -0.326 e. The smallest absolute Gasteiger partial charge is 0.262 e. The molecule has 160 valence electrons. The predicted molar refractivity (Wildman–Crippen MR) is 125 cm³/mol. The van der Waals surface area contributed by atoms with Gasteiger partial charge in [0.25, 0.3) is 5.56 Å². The van der Waals surface area contributed by atoms with Crippen LogP contribution in [0.2, 0.25) is 0 Å². The molecule has 0 spiro atoms. The van der Waals surface area contributed by atoms with Crippen LogP contribution >= 0.6 is 11.3 Å². The number of aromatic nitrogens is 2. The molecule has 0 aliphatic rings. The number of nitrogens with one attached hydrogen (secondary N) is 1. The number of carbonyl (C=O) groups excluding carboxylic acids is 1. The van der Waals surface area contributed by atoms with Gasteiger partial charge >= 0.3 is 0 Å². The van der Waals surface area contributed by atoms with Crippen LogP contribution in [0.25, 0.3) is 10.2 Å². The summed E-state index contributed by atoms with van der Waals surface area (Å²) in [6.45, 7) is 10.00. The molecule has 1 amide bonds. The minimum atomic E-state index is -1.01. The highest BCUT2D eigenvalue weighted by Gasteiger charge is 2.19. The molecule has 2 heterocycles. The highest BCUT2D eigenvalue weighted by atomic mass is 32.2. The average Bonchev–Trinajstić information content (AvgIpc) is 2.95. The van der Waals surface area contributed by atoms with E-state index in [-0.39, 0.29) is 29.2 Å². The molecule has 1 atom stereocenters. The fourth-order valence-electron chi connectivity index (χ4n) is 2.98. The van der Waals surface area contributed by atoms with Crippen LogP contribution in [0.3, 0.4) is 0 Å². The number of hydrogen-bond acceptors (Lipinski definition) is 5. The van der Waals surface area contributed by atoms with Gasteiger partial charge in [0.1, 0.15) is 4.83 Å². The quantitative estimate of drug-likeness (QED) is 0.618. The van der Waals surface area contributed by atoms with Gasteiger partial charge in [-0.1, -0.05) is 12.1 Å². The number of aryl methyl sites for hydroxylation is 3. The van der Waals surface area contributed by atoms with Gasteiger partial charge in [0.2, 0.25) is 5.91 Å². The van der Waals surface area contributed by atoms with E-state index in [4.69, 9.17) is 0 Å². The Labute approximate surface area is 182 Å². The number of nitrogens with zero attached hydrogens (tertiary/aromatic N) is 2. The number of thiophene rings is 1. The van der Waals surface area contributed by atoms with Crippen molar-refractivity contribution in [1.29, 1.82) is 0 Å². The zero-order valence-electron chi connectivity index (χ0n) is 17.9. The van der Waals surface area contributed by atoms with Crippen molar-refractivity contribution in [3.8, 4) is 0 Å². The lowest BCUT2D eigenvalue weighted by Gasteiger charge is -2.18. The van der Waals surface area contributed by atoms with Gasteiger partial charge in [-0.15, -0.1) is 11.3 Å². The molecule has 0 aliphatic carbocycles. The molecule has 0 radical (unpaired) electrons. The Bertz CT molecular complexity index is 1170. The second kappa shape index (κ2) is 8.81. The standard InChI is InChI=1S/C22H27N3O3S2/c1-14-15(2)29-20-19(14)21(27)25(13-23-20)10-9-18(26)24-17-8-6-7-16(11-17)12-30(28)22(3,4)5/h6-8,11,13H,9-10,12H2,1-5H3,(H,24,26). The first kappa shape index (κ1) is 22.4. The Balaban J connectivity index is 1.65. The number of rotatable bonds is 6. The van der Waals surface area contributed by atoms with Gasteiger partial charge in [0, 0.05) is 44.8 Å². The maximum absolute atomic E-state index is 12.7. The van der Waals surface area contributed by atoms with Crippen molar-refractivity contribution in [1.82, 2.24) is 9.55 Å². The fraction of sp³-hybridized carbons (Fsp3) is 0.409. The lowest BCUT2D eigenvalue weighted by atomic mass is 10.2. The third kappa shape index (κ3) is 5.05. The van der Waals surface area contributed by atoms with E-state index in [2.05, 4.69) is 10.3 Å². The molecule has 0 fully saturated rings. The van der Waals surface area contributed by atoms with Crippen molar-refractivity contribution in [2.75, 3.05) is 5.32 Å². The van der Waals surface area contributed by atoms with E-state index in [0.29, 0.717) is 16.8 Å². The van der Waals surface area contributed by atoms with Crippen LogP contribution in [0.5, 0.6) is 0 Å². The molecule has 8 heteroatoms. The van der Waals surface area contributed by atoms with E-state index in [0.717, 1.165) is 20.8 Å². The maximum atomic E-state index is 12.7. The highest BCUT2D eigenvalue weighted by Crippen LogP contribution is 2.25. The summed E-state index contributed by atoms with van der Waals surface area (Å²) < 4.78 is 13.6. The molecule has 3 rings (SSSR count). The van der Waals surface area contributed by atoms with E-state index in [9.17, 15) is 13.8 Å². The summed E-state index contributed by atoms with van der Waals surface area (Å²) in [5.74, 6) is 0.252. The van der Waals surface area contributed by atoms with Gasteiger partial charge in [-0.25, -0.2) is 4.98 Å². The molecule has 6 nitrogen and oxygen atoms in total. The average molecular weight is 446 g/mol. The number of fused-ring (bicyclic) bond motifs is 1. The second-order valence-electron chi connectivity index (χ2n) is 8.31. The molecule has 1 N–H and O–H groups in total. The molecule has 0 saturated carbocycles. The molecule has 1 aromatic carbocycles. The normalized spacial score (nSPS) is 12.8. The summed E-state index contributed by atoms with van der Waals surface area (Å²) in [6, 6.07) is 7.40. The summed E-state index contributed by atoms with van der Waals surface area (Å²) in [6.07, 6.45) is 1.67.